The predicted octanol–water partition coefficient (Wildman–Crippen LogP) is 1.32. The Balaban J connectivity index is 2.08. The molecule has 1 saturated heterocycles. The Morgan fingerprint density at radius 3 is 2.80 bits per heavy atom. The number of nitrogens with two attached hydrogens (primary N) is 1. The molecule has 1 unspecified atom stereocenters. The van der Waals surface area contributed by atoms with Crippen molar-refractivity contribution in [2.45, 2.75) is 32.7 Å². The van der Waals surface area contributed by atoms with E-state index in [4.69, 9.17) is 5.73 Å². The minimum atomic E-state index is -0.0485. The second-order valence-corrected chi connectivity index (χ2v) is 5.36. The number of amides is 2. The van der Waals surface area contributed by atoms with E-state index in [1.54, 1.807) is 17.0 Å². The average molecular weight is 275 g/mol. The van der Waals surface area contributed by atoms with Crippen LogP contribution in [-0.2, 0) is 4.79 Å². The van der Waals surface area contributed by atoms with Gasteiger partial charge in [0.05, 0.1) is 0 Å². The summed E-state index contributed by atoms with van der Waals surface area (Å²) in [6.45, 7) is 4.70. The molecular formula is C15H21N3O2. The molecule has 0 radical (unpaired) electrons. The van der Waals surface area contributed by atoms with Gasteiger partial charge < -0.3 is 16.0 Å². The number of aryl methyl sites for hydroxylation is 1. The molecule has 108 valence electrons. The van der Waals surface area contributed by atoms with Crippen LogP contribution in [0.25, 0.3) is 0 Å². The summed E-state index contributed by atoms with van der Waals surface area (Å²) < 4.78 is 0. The number of carbonyl (C=O) groups is 2. The smallest absolute Gasteiger partial charge is 0.253 e. The van der Waals surface area contributed by atoms with Crippen LogP contribution >= 0.6 is 0 Å². The number of hydrogen-bond donors (Lipinski definition) is 2. The summed E-state index contributed by atoms with van der Waals surface area (Å²) in [7, 11) is 0. The first-order valence-corrected chi connectivity index (χ1v) is 6.90. The minimum absolute atomic E-state index is 0.00292. The Bertz CT molecular complexity index is 528. The van der Waals surface area contributed by atoms with Gasteiger partial charge in [0, 0.05) is 37.3 Å². The van der Waals surface area contributed by atoms with Crippen molar-refractivity contribution in [1.82, 2.24) is 10.2 Å². The Hall–Kier alpha value is -2.04. The van der Waals surface area contributed by atoms with Crippen LogP contribution in [0.5, 0.6) is 0 Å². The number of nitrogens with zero attached hydrogens (tertiary/aromatic N) is 1. The number of anilines is 1. The number of piperidine rings is 1. The molecular weight excluding hydrogens is 254 g/mol. The van der Waals surface area contributed by atoms with Crippen LogP contribution in [0.4, 0.5) is 5.69 Å². The maximum Gasteiger partial charge on any atom is 0.253 e. The van der Waals surface area contributed by atoms with Crippen molar-refractivity contribution in [2.75, 3.05) is 18.8 Å². The molecule has 0 bridgehead atoms. The molecule has 1 aromatic carbocycles. The molecule has 1 aliphatic rings. The lowest BCUT2D eigenvalue weighted by atomic mass is 10.0. The number of benzene rings is 1. The fourth-order valence-electron chi connectivity index (χ4n) is 2.56. The zero-order valence-corrected chi connectivity index (χ0v) is 12.0. The predicted molar refractivity (Wildman–Crippen MR) is 78.3 cm³/mol. The highest BCUT2D eigenvalue weighted by Gasteiger charge is 2.24. The molecule has 1 heterocycles. The summed E-state index contributed by atoms with van der Waals surface area (Å²) in [5.41, 5.74) is 8.02. The van der Waals surface area contributed by atoms with Crippen molar-refractivity contribution in [1.29, 1.82) is 0 Å². The van der Waals surface area contributed by atoms with Gasteiger partial charge in [0.15, 0.2) is 0 Å². The number of likely N-dealkylation sites (tertiary alicyclic amines) is 1. The molecule has 20 heavy (non-hydrogen) atoms. The SMILES string of the molecule is CC(=O)NC1CCCN(C(=O)c2ccc(N)c(C)c2)C1. The molecule has 0 aliphatic carbocycles. The molecule has 2 amide bonds. The molecule has 0 saturated carbocycles. The fraction of sp³-hybridized carbons (Fsp3) is 0.467. The Kier molecular flexibility index (Phi) is 4.27. The van der Waals surface area contributed by atoms with E-state index in [0.29, 0.717) is 17.8 Å². The summed E-state index contributed by atoms with van der Waals surface area (Å²) >= 11 is 0. The van der Waals surface area contributed by atoms with Gasteiger partial charge in [-0.15, -0.1) is 0 Å². The molecule has 1 aromatic rings. The van der Waals surface area contributed by atoms with Crippen LogP contribution in [-0.4, -0.2) is 35.8 Å². The van der Waals surface area contributed by atoms with Crippen molar-refractivity contribution in [2.24, 2.45) is 0 Å². The second kappa shape index (κ2) is 5.94. The molecule has 5 nitrogen and oxygen atoms in total. The van der Waals surface area contributed by atoms with E-state index in [-0.39, 0.29) is 17.9 Å². The molecule has 0 aromatic heterocycles. The van der Waals surface area contributed by atoms with Crippen molar-refractivity contribution in [3.8, 4) is 0 Å². The summed E-state index contributed by atoms with van der Waals surface area (Å²) in [5.74, 6) is -0.0456. The summed E-state index contributed by atoms with van der Waals surface area (Å²) in [6, 6.07) is 5.39. The van der Waals surface area contributed by atoms with Crippen LogP contribution in [0.15, 0.2) is 18.2 Å². The normalized spacial score (nSPS) is 18.7. The molecule has 2 rings (SSSR count). The van der Waals surface area contributed by atoms with E-state index in [9.17, 15) is 9.59 Å². The van der Waals surface area contributed by atoms with Crippen molar-refractivity contribution in [3.05, 3.63) is 29.3 Å². The van der Waals surface area contributed by atoms with Crippen LogP contribution < -0.4 is 11.1 Å². The Morgan fingerprint density at radius 2 is 2.15 bits per heavy atom. The van der Waals surface area contributed by atoms with Crippen molar-refractivity contribution < 1.29 is 9.59 Å². The Morgan fingerprint density at radius 1 is 1.40 bits per heavy atom. The van der Waals surface area contributed by atoms with Gasteiger partial charge in [0.2, 0.25) is 5.91 Å². The molecule has 5 heteroatoms. The topological polar surface area (TPSA) is 75.4 Å². The van der Waals surface area contributed by atoms with Gasteiger partial charge in [-0.3, -0.25) is 9.59 Å². The number of nitrogen functional groups attached to an aromatic ring is 1. The van der Waals surface area contributed by atoms with Gasteiger partial charge in [-0.05, 0) is 43.5 Å². The van der Waals surface area contributed by atoms with E-state index in [1.807, 2.05) is 13.0 Å². The van der Waals surface area contributed by atoms with Gasteiger partial charge in [0.1, 0.15) is 0 Å². The minimum Gasteiger partial charge on any atom is -0.399 e. The largest absolute Gasteiger partial charge is 0.399 e. The lowest BCUT2D eigenvalue weighted by molar-refractivity contribution is -0.120. The van der Waals surface area contributed by atoms with E-state index in [2.05, 4.69) is 5.32 Å². The number of carbonyl (C=O) groups excluding carboxylic acids is 2. The summed E-state index contributed by atoms with van der Waals surface area (Å²) in [4.78, 5) is 25.4. The summed E-state index contributed by atoms with van der Waals surface area (Å²) in [6.07, 6.45) is 1.83. The van der Waals surface area contributed by atoms with Crippen LogP contribution in [0.3, 0.4) is 0 Å². The molecule has 1 atom stereocenters. The maximum atomic E-state index is 12.5. The lowest BCUT2D eigenvalue weighted by Gasteiger charge is -2.33. The van der Waals surface area contributed by atoms with Gasteiger partial charge in [-0.1, -0.05) is 0 Å². The molecule has 1 fully saturated rings. The fourth-order valence-corrected chi connectivity index (χ4v) is 2.56. The highest BCUT2D eigenvalue weighted by Crippen LogP contribution is 2.17. The third-order valence-corrected chi connectivity index (χ3v) is 3.63. The van der Waals surface area contributed by atoms with E-state index in [0.717, 1.165) is 24.9 Å². The number of rotatable bonds is 2. The number of nitrogens with one attached hydrogen (secondary N) is 1. The third-order valence-electron chi connectivity index (χ3n) is 3.63. The van der Waals surface area contributed by atoms with Crippen molar-refractivity contribution >= 4 is 17.5 Å². The third kappa shape index (κ3) is 3.29. The second-order valence-electron chi connectivity index (χ2n) is 5.36. The highest BCUT2D eigenvalue weighted by atomic mass is 16.2. The quantitative estimate of drug-likeness (QED) is 0.799. The van der Waals surface area contributed by atoms with Gasteiger partial charge in [0.25, 0.3) is 5.91 Å². The molecule has 3 N–H and O–H groups in total. The highest BCUT2D eigenvalue weighted by molar-refractivity contribution is 5.95. The average Bonchev–Trinajstić information content (AvgIpc) is 2.40. The first kappa shape index (κ1) is 14.4. The first-order chi connectivity index (χ1) is 9.47. The Labute approximate surface area is 119 Å². The van der Waals surface area contributed by atoms with Gasteiger partial charge in [-0.2, -0.15) is 0 Å². The van der Waals surface area contributed by atoms with Crippen LogP contribution in [0.1, 0.15) is 35.7 Å². The van der Waals surface area contributed by atoms with E-state index in [1.165, 1.54) is 6.92 Å². The lowest BCUT2D eigenvalue weighted by Crippen LogP contribution is -2.49. The first-order valence-electron chi connectivity index (χ1n) is 6.90. The summed E-state index contributed by atoms with van der Waals surface area (Å²) in [5, 5.41) is 2.89. The van der Waals surface area contributed by atoms with Gasteiger partial charge in [-0.25, -0.2) is 0 Å². The van der Waals surface area contributed by atoms with E-state index >= 15 is 0 Å². The maximum absolute atomic E-state index is 12.5. The number of hydrogen-bond acceptors (Lipinski definition) is 3. The van der Waals surface area contributed by atoms with Crippen LogP contribution in [0.2, 0.25) is 0 Å². The van der Waals surface area contributed by atoms with Crippen molar-refractivity contribution in [3.63, 3.8) is 0 Å². The monoisotopic (exact) mass is 275 g/mol. The molecule has 0 spiro atoms. The van der Waals surface area contributed by atoms with Gasteiger partial charge >= 0.3 is 0 Å². The zero-order chi connectivity index (χ0) is 14.7. The van der Waals surface area contributed by atoms with Crippen LogP contribution in [0, 0.1) is 6.92 Å². The zero-order valence-electron chi connectivity index (χ0n) is 12.0. The standard InChI is InChI=1S/C15H21N3O2/c1-10-8-12(5-6-14(10)16)15(20)18-7-3-4-13(9-18)17-11(2)19/h5-6,8,13H,3-4,7,9,16H2,1-2H3,(H,17,19). The molecule has 1 aliphatic heterocycles. The van der Waals surface area contributed by atoms with E-state index < -0.39 is 0 Å².